The van der Waals surface area contributed by atoms with Gasteiger partial charge in [0.15, 0.2) is 0 Å². The van der Waals surface area contributed by atoms with E-state index < -0.39 is 0 Å². The molecule has 0 unspecified atom stereocenters. The highest BCUT2D eigenvalue weighted by Crippen LogP contribution is 2.21. The van der Waals surface area contributed by atoms with Crippen LogP contribution in [0.3, 0.4) is 0 Å². The van der Waals surface area contributed by atoms with Crippen molar-refractivity contribution in [3.8, 4) is 5.75 Å². The van der Waals surface area contributed by atoms with Crippen molar-refractivity contribution in [2.45, 2.75) is 32.1 Å². The van der Waals surface area contributed by atoms with E-state index in [0.717, 1.165) is 24.8 Å². The largest absolute Gasteiger partial charge is 0.508 e. The van der Waals surface area contributed by atoms with Gasteiger partial charge in [-0.1, -0.05) is 42.5 Å². The second-order valence-corrected chi connectivity index (χ2v) is 6.98. The number of benzene rings is 2. The maximum Gasteiger partial charge on any atom is 0.227 e. The number of Topliss-reactive ketones (excluding diaryl/α,β-unsaturated/α-hetero) is 1. The molecule has 4 nitrogen and oxygen atoms in total. The molecular formula is C22H25NO3. The maximum absolute atomic E-state index is 12.6. The zero-order chi connectivity index (χ0) is 18.4. The molecule has 1 aliphatic heterocycles. The summed E-state index contributed by atoms with van der Waals surface area (Å²) in [4.78, 5) is 26.9. The molecule has 136 valence electrons. The van der Waals surface area contributed by atoms with Gasteiger partial charge < -0.3 is 10.0 Å². The van der Waals surface area contributed by atoms with Gasteiger partial charge in [0.25, 0.3) is 0 Å². The van der Waals surface area contributed by atoms with Gasteiger partial charge >= 0.3 is 0 Å². The Kier molecular flexibility index (Phi) is 6.05. The quantitative estimate of drug-likeness (QED) is 0.868. The Morgan fingerprint density at radius 1 is 1.04 bits per heavy atom. The lowest BCUT2D eigenvalue weighted by molar-refractivity contribution is -0.134. The molecule has 1 aliphatic rings. The zero-order valence-corrected chi connectivity index (χ0v) is 14.9. The molecule has 2 aromatic carbocycles. The highest BCUT2D eigenvalue weighted by Gasteiger charge is 2.27. The summed E-state index contributed by atoms with van der Waals surface area (Å²) in [6.45, 7) is 1.23. The van der Waals surface area contributed by atoms with Crippen LogP contribution in [0.15, 0.2) is 54.6 Å². The third-order valence-electron chi connectivity index (χ3n) is 5.00. The Bertz CT molecular complexity index is 757. The lowest BCUT2D eigenvalue weighted by Gasteiger charge is -2.32. The van der Waals surface area contributed by atoms with Crippen LogP contribution in [0.25, 0.3) is 0 Å². The zero-order valence-electron chi connectivity index (χ0n) is 14.9. The van der Waals surface area contributed by atoms with Crippen molar-refractivity contribution in [3.63, 3.8) is 0 Å². The first kappa shape index (κ1) is 18.2. The molecular weight excluding hydrogens is 326 g/mol. The fraction of sp³-hybridized carbons (Fsp3) is 0.364. The summed E-state index contributed by atoms with van der Waals surface area (Å²) >= 11 is 0. The molecule has 1 amide bonds. The lowest BCUT2D eigenvalue weighted by Crippen LogP contribution is -2.43. The number of amides is 1. The summed E-state index contributed by atoms with van der Waals surface area (Å²) < 4.78 is 0. The Balaban J connectivity index is 1.53. The number of carbonyl (C=O) groups is 2. The lowest BCUT2D eigenvalue weighted by atomic mass is 9.90. The van der Waals surface area contributed by atoms with E-state index in [4.69, 9.17) is 0 Å². The first-order valence-corrected chi connectivity index (χ1v) is 9.24. The molecule has 0 saturated carbocycles. The Morgan fingerprint density at radius 3 is 2.58 bits per heavy atom. The topological polar surface area (TPSA) is 57.6 Å². The fourth-order valence-electron chi connectivity index (χ4n) is 3.54. The maximum atomic E-state index is 12.6. The summed E-state index contributed by atoms with van der Waals surface area (Å²) in [6, 6.07) is 16.8. The monoisotopic (exact) mass is 351 g/mol. The second-order valence-electron chi connectivity index (χ2n) is 6.98. The minimum absolute atomic E-state index is 0.0242. The van der Waals surface area contributed by atoms with E-state index in [0.29, 0.717) is 19.5 Å². The van der Waals surface area contributed by atoms with E-state index >= 15 is 0 Å². The predicted molar refractivity (Wildman–Crippen MR) is 101 cm³/mol. The van der Waals surface area contributed by atoms with Crippen LogP contribution in [-0.2, 0) is 22.4 Å². The molecule has 1 atom stereocenters. The summed E-state index contributed by atoms with van der Waals surface area (Å²) in [5.74, 6) is 0.392. The normalized spacial score (nSPS) is 17.1. The SMILES string of the molecule is O=C(CCc1ccccc1)[C@@H]1CCCN(C(=O)Cc2cccc(O)c2)C1. The van der Waals surface area contributed by atoms with Crippen LogP contribution in [-0.4, -0.2) is 34.8 Å². The summed E-state index contributed by atoms with van der Waals surface area (Å²) in [6.07, 6.45) is 3.28. The Morgan fingerprint density at radius 2 is 1.81 bits per heavy atom. The molecule has 0 aromatic heterocycles. The van der Waals surface area contributed by atoms with Gasteiger partial charge in [-0.2, -0.15) is 0 Å². The molecule has 0 radical (unpaired) electrons. The molecule has 2 aromatic rings. The number of hydrogen-bond acceptors (Lipinski definition) is 3. The minimum atomic E-state index is -0.0550. The number of aromatic hydroxyl groups is 1. The third-order valence-corrected chi connectivity index (χ3v) is 5.00. The number of ketones is 1. The van der Waals surface area contributed by atoms with Gasteiger partial charge in [0.05, 0.1) is 6.42 Å². The first-order valence-electron chi connectivity index (χ1n) is 9.24. The number of phenols is 1. The molecule has 3 rings (SSSR count). The van der Waals surface area contributed by atoms with Crippen LogP contribution in [0.2, 0.25) is 0 Å². The van der Waals surface area contributed by atoms with Crippen molar-refractivity contribution >= 4 is 11.7 Å². The van der Waals surface area contributed by atoms with Crippen molar-refractivity contribution in [2.75, 3.05) is 13.1 Å². The van der Waals surface area contributed by atoms with Gasteiger partial charge in [0, 0.05) is 25.4 Å². The number of piperidine rings is 1. The predicted octanol–water partition coefficient (Wildman–Crippen LogP) is 3.38. The van der Waals surface area contributed by atoms with Crippen LogP contribution in [0.1, 0.15) is 30.4 Å². The molecule has 26 heavy (non-hydrogen) atoms. The van der Waals surface area contributed by atoms with Gasteiger partial charge in [-0.05, 0) is 42.5 Å². The van der Waals surface area contributed by atoms with E-state index in [1.165, 1.54) is 5.56 Å². The van der Waals surface area contributed by atoms with Gasteiger partial charge in [0.1, 0.15) is 11.5 Å². The van der Waals surface area contributed by atoms with E-state index in [1.807, 2.05) is 36.4 Å². The van der Waals surface area contributed by atoms with Crippen molar-refractivity contribution in [1.82, 2.24) is 4.90 Å². The molecule has 1 heterocycles. The molecule has 0 bridgehead atoms. The smallest absolute Gasteiger partial charge is 0.227 e. The highest BCUT2D eigenvalue weighted by atomic mass is 16.3. The number of rotatable bonds is 6. The second kappa shape index (κ2) is 8.65. The molecule has 0 spiro atoms. The molecule has 1 saturated heterocycles. The summed E-state index contributed by atoms with van der Waals surface area (Å²) in [5.41, 5.74) is 1.97. The van der Waals surface area contributed by atoms with Crippen molar-refractivity contribution in [3.05, 3.63) is 65.7 Å². The average Bonchev–Trinajstić information content (AvgIpc) is 2.67. The van der Waals surface area contributed by atoms with Crippen molar-refractivity contribution in [1.29, 1.82) is 0 Å². The number of likely N-dealkylation sites (tertiary alicyclic amines) is 1. The van der Waals surface area contributed by atoms with Gasteiger partial charge in [-0.3, -0.25) is 9.59 Å². The summed E-state index contributed by atoms with van der Waals surface area (Å²) in [5, 5.41) is 9.53. The average molecular weight is 351 g/mol. The van der Waals surface area contributed by atoms with Crippen LogP contribution < -0.4 is 0 Å². The number of carbonyl (C=O) groups excluding carboxylic acids is 2. The third kappa shape index (κ3) is 4.94. The van der Waals surface area contributed by atoms with Crippen LogP contribution in [0, 0.1) is 5.92 Å². The van der Waals surface area contributed by atoms with Gasteiger partial charge in [-0.25, -0.2) is 0 Å². The van der Waals surface area contributed by atoms with Gasteiger partial charge in [-0.15, -0.1) is 0 Å². The summed E-state index contributed by atoms with van der Waals surface area (Å²) in [7, 11) is 0. The fourth-order valence-corrected chi connectivity index (χ4v) is 3.54. The van der Waals surface area contributed by atoms with E-state index in [2.05, 4.69) is 0 Å². The minimum Gasteiger partial charge on any atom is -0.508 e. The van der Waals surface area contributed by atoms with Crippen LogP contribution in [0.5, 0.6) is 5.75 Å². The molecule has 0 aliphatic carbocycles. The van der Waals surface area contributed by atoms with Gasteiger partial charge in [0.2, 0.25) is 5.91 Å². The Labute approximate surface area is 154 Å². The number of aryl methyl sites for hydroxylation is 1. The van der Waals surface area contributed by atoms with E-state index in [-0.39, 0.29) is 29.8 Å². The number of hydrogen-bond donors (Lipinski definition) is 1. The van der Waals surface area contributed by atoms with Crippen molar-refractivity contribution < 1.29 is 14.7 Å². The standard InChI is InChI=1S/C22H25NO3/c24-20-10-4-8-18(14-20)15-22(26)23-13-5-9-19(16-23)21(25)12-11-17-6-2-1-3-7-17/h1-4,6-8,10,14,19,24H,5,9,11-13,15-16H2/t19-/m1/s1. The highest BCUT2D eigenvalue weighted by molar-refractivity contribution is 5.83. The molecule has 1 N–H and O–H groups in total. The number of phenolic OH excluding ortho intramolecular Hbond substituents is 1. The molecule has 4 heteroatoms. The number of nitrogens with zero attached hydrogens (tertiary/aromatic N) is 1. The first-order chi connectivity index (χ1) is 12.6. The Hall–Kier alpha value is -2.62. The van der Waals surface area contributed by atoms with E-state index in [1.54, 1.807) is 23.1 Å². The van der Waals surface area contributed by atoms with Crippen LogP contribution in [0.4, 0.5) is 0 Å². The van der Waals surface area contributed by atoms with Crippen molar-refractivity contribution in [2.24, 2.45) is 5.92 Å². The van der Waals surface area contributed by atoms with Crippen LogP contribution >= 0.6 is 0 Å². The van der Waals surface area contributed by atoms with E-state index in [9.17, 15) is 14.7 Å². The molecule has 1 fully saturated rings.